The fraction of sp³-hybridized carbons (Fsp3) is 0.462. The van der Waals surface area contributed by atoms with E-state index in [9.17, 15) is 4.79 Å². The molecule has 0 spiro atoms. The molecule has 0 radical (unpaired) electrons. The van der Waals surface area contributed by atoms with Gasteiger partial charge < -0.3 is 10.4 Å². The average molecular weight is 221 g/mol. The Labute approximate surface area is 96.5 Å². The summed E-state index contributed by atoms with van der Waals surface area (Å²) in [6.45, 7) is 2.13. The zero-order valence-corrected chi connectivity index (χ0v) is 9.65. The summed E-state index contributed by atoms with van der Waals surface area (Å²) in [6, 6.07) is 9.92. The van der Waals surface area contributed by atoms with Crippen LogP contribution in [0.5, 0.6) is 0 Å². The molecule has 2 N–H and O–H groups in total. The average Bonchev–Trinajstić information content (AvgIpc) is 2.30. The van der Waals surface area contributed by atoms with Crippen molar-refractivity contribution in [2.45, 2.75) is 32.2 Å². The number of amides is 1. The van der Waals surface area contributed by atoms with Crippen LogP contribution >= 0.6 is 0 Å². The number of hydrogen-bond acceptors (Lipinski definition) is 2. The van der Waals surface area contributed by atoms with Crippen molar-refractivity contribution >= 4 is 5.91 Å². The molecule has 0 aromatic heterocycles. The molecule has 3 nitrogen and oxygen atoms in total. The third kappa shape index (κ3) is 4.45. The van der Waals surface area contributed by atoms with Gasteiger partial charge in [-0.2, -0.15) is 0 Å². The highest BCUT2D eigenvalue weighted by Gasteiger charge is 2.08. The van der Waals surface area contributed by atoms with Gasteiger partial charge in [0, 0.05) is 13.0 Å². The van der Waals surface area contributed by atoms with Gasteiger partial charge >= 0.3 is 0 Å². The maximum absolute atomic E-state index is 11.5. The van der Waals surface area contributed by atoms with Gasteiger partial charge in [0.2, 0.25) is 5.91 Å². The number of hydrogen-bond donors (Lipinski definition) is 2. The largest absolute Gasteiger partial charge is 0.396 e. The van der Waals surface area contributed by atoms with Crippen LogP contribution in [-0.4, -0.2) is 17.6 Å². The van der Waals surface area contributed by atoms with Crippen LogP contribution < -0.4 is 5.32 Å². The van der Waals surface area contributed by atoms with Crippen molar-refractivity contribution in [3.05, 3.63) is 35.9 Å². The number of unbranched alkanes of at least 4 members (excludes halogenated alkanes) is 1. The highest BCUT2D eigenvalue weighted by atomic mass is 16.2. The molecule has 0 aliphatic rings. The van der Waals surface area contributed by atoms with E-state index in [4.69, 9.17) is 5.11 Å². The summed E-state index contributed by atoms with van der Waals surface area (Å²) in [5, 5.41) is 11.5. The minimum Gasteiger partial charge on any atom is -0.396 e. The smallest absolute Gasteiger partial charge is 0.220 e. The normalized spacial score (nSPS) is 12.1. The Kier molecular flexibility index (Phi) is 5.57. The molecule has 0 bridgehead atoms. The number of aliphatic hydroxyl groups excluding tert-OH is 1. The number of carbonyl (C=O) groups excluding carboxylic acids is 1. The summed E-state index contributed by atoms with van der Waals surface area (Å²) in [7, 11) is 0. The van der Waals surface area contributed by atoms with Crippen molar-refractivity contribution in [2.24, 2.45) is 0 Å². The molecule has 0 saturated heterocycles. The topological polar surface area (TPSA) is 49.3 Å². The first kappa shape index (κ1) is 12.7. The first-order chi connectivity index (χ1) is 7.74. The van der Waals surface area contributed by atoms with E-state index in [0.717, 1.165) is 12.0 Å². The van der Waals surface area contributed by atoms with Crippen molar-refractivity contribution in [1.82, 2.24) is 5.32 Å². The Morgan fingerprint density at radius 3 is 2.62 bits per heavy atom. The lowest BCUT2D eigenvalue weighted by molar-refractivity contribution is -0.121. The van der Waals surface area contributed by atoms with Crippen LogP contribution in [-0.2, 0) is 4.79 Å². The molecule has 1 rings (SSSR count). The summed E-state index contributed by atoms with van der Waals surface area (Å²) in [5.74, 6) is 0.0461. The van der Waals surface area contributed by atoms with E-state index in [1.165, 1.54) is 0 Å². The van der Waals surface area contributed by atoms with Crippen molar-refractivity contribution in [3.8, 4) is 0 Å². The maximum atomic E-state index is 11.5. The van der Waals surface area contributed by atoms with Crippen LogP contribution in [0.15, 0.2) is 30.3 Å². The van der Waals surface area contributed by atoms with E-state index in [2.05, 4.69) is 5.32 Å². The summed E-state index contributed by atoms with van der Waals surface area (Å²) in [5.41, 5.74) is 1.11. The van der Waals surface area contributed by atoms with Crippen molar-refractivity contribution < 1.29 is 9.90 Å². The fourth-order valence-electron chi connectivity index (χ4n) is 1.54. The molecule has 0 heterocycles. The molecule has 3 heteroatoms. The molecule has 88 valence electrons. The number of aliphatic hydroxyl groups is 1. The van der Waals surface area contributed by atoms with Gasteiger partial charge in [0.15, 0.2) is 0 Å². The van der Waals surface area contributed by atoms with Gasteiger partial charge in [0.25, 0.3) is 0 Å². The van der Waals surface area contributed by atoms with Gasteiger partial charge in [-0.3, -0.25) is 4.79 Å². The zero-order chi connectivity index (χ0) is 11.8. The summed E-state index contributed by atoms with van der Waals surface area (Å²) in [4.78, 5) is 11.5. The SMILES string of the molecule is CC(NC(=O)CCCCO)c1ccccc1. The second-order valence-electron chi connectivity index (χ2n) is 3.88. The molecule has 0 fully saturated rings. The van der Waals surface area contributed by atoms with Crippen molar-refractivity contribution in [2.75, 3.05) is 6.61 Å². The second-order valence-corrected chi connectivity index (χ2v) is 3.88. The molecule has 1 atom stereocenters. The third-order valence-electron chi connectivity index (χ3n) is 2.49. The fourth-order valence-corrected chi connectivity index (χ4v) is 1.54. The molecule has 1 aromatic rings. The molecular formula is C13H19NO2. The molecule has 0 aliphatic heterocycles. The van der Waals surface area contributed by atoms with E-state index < -0.39 is 0 Å². The Morgan fingerprint density at radius 1 is 1.31 bits per heavy atom. The highest BCUT2D eigenvalue weighted by molar-refractivity contribution is 5.76. The Morgan fingerprint density at radius 2 is 2.00 bits per heavy atom. The van der Waals surface area contributed by atoms with E-state index in [1.54, 1.807) is 0 Å². The van der Waals surface area contributed by atoms with Crippen LogP contribution in [0.1, 0.15) is 37.8 Å². The standard InChI is InChI=1S/C13H19NO2/c1-11(12-7-3-2-4-8-12)14-13(16)9-5-6-10-15/h2-4,7-8,11,15H,5-6,9-10H2,1H3,(H,14,16). The molecule has 1 amide bonds. The zero-order valence-electron chi connectivity index (χ0n) is 9.65. The number of rotatable bonds is 6. The molecule has 0 aliphatic carbocycles. The Hall–Kier alpha value is -1.35. The van der Waals surface area contributed by atoms with Gasteiger partial charge in [-0.05, 0) is 25.3 Å². The van der Waals surface area contributed by atoms with Crippen molar-refractivity contribution in [1.29, 1.82) is 0 Å². The van der Waals surface area contributed by atoms with Gasteiger partial charge in [-0.15, -0.1) is 0 Å². The second kappa shape index (κ2) is 7.01. The van der Waals surface area contributed by atoms with E-state index in [1.807, 2.05) is 37.3 Å². The van der Waals surface area contributed by atoms with Crippen molar-refractivity contribution in [3.63, 3.8) is 0 Å². The van der Waals surface area contributed by atoms with Gasteiger partial charge in [0.1, 0.15) is 0 Å². The number of nitrogens with one attached hydrogen (secondary N) is 1. The summed E-state index contributed by atoms with van der Waals surface area (Å²) in [6.07, 6.45) is 1.91. The lowest BCUT2D eigenvalue weighted by Gasteiger charge is -2.14. The molecule has 1 unspecified atom stereocenters. The van der Waals surface area contributed by atoms with Crippen LogP contribution in [0.3, 0.4) is 0 Å². The van der Waals surface area contributed by atoms with E-state index in [-0.39, 0.29) is 18.6 Å². The van der Waals surface area contributed by atoms with Gasteiger partial charge in [-0.1, -0.05) is 30.3 Å². The highest BCUT2D eigenvalue weighted by Crippen LogP contribution is 2.11. The first-order valence-electron chi connectivity index (χ1n) is 5.69. The van der Waals surface area contributed by atoms with Crippen LogP contribution in [0.2, 0.25) is 0 Å². The van der Waals surface area contributed by atoms with Gasteiger partial charge in [-0.25, -0.2) is 0 Å². The minimum absolute atomic E-state index is 0.0443. The monoisotopic (exact) mass is 221 g/mol. The number of carbonyl (C=O) groups is 1. The molecule has 1 aromatic carbocycles. The van der Waals surface area contributed by atoms with E-state index in [0.29, 0.717) is 12.8 Å². The predicted molar refractivity (Wildman–Crippen MR) is 63.9 cm³/mol. The molecular weight excluding hydrogens is 202 g/mol. The maximum Gasteiger partial charge on any atom is 0.220 e. The summed E-state index contributed by atoms with van der Waals surface area (Å²) >= 11 is 0. The Balaban J connectivity index is 2.34. The molecule has 0 saturated carbocycles. The van der Waals surface area contributed by atoms with Gasteiger partial charge in [0.05, 0.1) is 6.04 Å². The van der Waals surface area contributed by atoms with Crippen LogP contribution in [0.25, 0.3) is 0 Å². The van der Waals surface area contributed by atoms with Crippen LogP contribution in [0.4, 0.5) is 0 Å². The number of benzene rings is 1. The Bertz CT molecular complexity index is 311. The third-order valence-corrected chi connectivity index (χ3v) is 2.49. The summed E-state index contributed by atoms with van der Waals surface area (Å²) < 4.78 is 0. The molecule has 16 heavy (non-hydrogen) atoms. The minimum atomic E-state index is 0.0443. The predicted octanol–water partition coefficient (Wildman–Crippen LogP) is 2.03. The lowest BCUT2D eigenvalue weighted by Crippen LogP contribution is -2.26. The lowest BCUT2D eigenvalue weighted by atomic mass is 10.1. The van der Waals surface area contributed by atoms with E-state index >= 15 is 0 Å². The first-order valence-corrected chi connectivity index (χ1v) is 5.69. The quantitative estimate of drug-likeness (QED) is 0.722. The van der Waals surface area contributed by atoms with Crippen LogP contribution in [0, 0.1) is 0 Å².